The van der Waals surface area contributed by atoms with Crippen LogP contribution >= 0.6 is 0 Å². The maximum absolute atomic E-state index is 11.2. The molecule has 6 heteroatoms. The molecule has 1 aromatic heterocycles. The number of para-hydroxylation sites is 1. The molecule has 0 spiro atoms. The average Bonchev–Trinajstić information content (AvgIpc) is 3.01. The van der Waals surface area contributed by atoms with Crippen LogP contribution in [0.4, 0.5) is 5.69 Å². The maximum Gasteiger partial charge on any atom is 0.221 e. The molecule has 0 fully saturated rings. The molecule has 26 heavy (non-hydrogen) atoms. The summed E-state index contributed by atoms with van der Waals surface area (Å²) in [6, 6.07) is 17.1. The van der Waals surface area contributed by atoms with Crippen LogP contribution in [-0.4, -0.2) is 15.7 Å². The summed E-state index contributed by atoms with van der Waals surface area (Å²) < 4.78 is 1.76. The van der Waals surface area contributed by atoms with Crippen molar-refractivity contribution >= 4 is 11.6 Å². The van der Waals surface area contributed by atoms with Crippen molar-refractivity contribution in [2.45, 2.75) is 13.0 Å². The Morgan fingerprint density at radius 3 is 2.62 bits per heavy atom. The summed E-state index contributed by atoms with van der Waals surface area (Å²) in [5.41, 5.74) is 10.5. The SMILES string of the molecule is Cn1cc(CNc2ccccc2CC(N)=O)c(-c2ccc(C#N)cc2)n1. The molecule has 130 valence electrons. The van der Waals surface area contributed by atoms with Crippen molar-refractivity contribution in [1.82, 2.24) is 9.78 Å². The van der Waals surface area contributed by atoms with Gasteiger partial charge >= 0.3 is 0 Å². The van der Waals surface area contributed by atoms with E-state index in [0.29, 0.717) is 12.1 Å². The molecule has 3 N–H and O–H groups in total. The first-order valence-corrected chi connectivity index (χ1v) is 8.20. The van der Waals surface area contributed by atoms with Gasteiger partial charge in [0.2, 0.25) is 5.91 Å². The van der Waals surface area contributed by atoms with Crippen LogP contribution < -0.4 is 11.1 Å². The highest BCUT2D eigenvalue weighted by Gasteiger charge is 2.11. The van der Waals surface area contributed by atoms with E-state index in [1.165, 1.54) is 0 Å². The van der Waals surface area contributed by atoms with Crippen LogP contribution in [-0.2, 0) is 24.8 Å². The number of hydrogen-bond donors (Lipinski definition) is 2. The third-order valence-electron chi connectivity index (χ3n) is 4.04. The monoisotopic (exact) mass is 345 g/mol. The lowest BCUT2D eigenvalue weighted by atomic mass is 10.1. The van der Waals surface area contributed by atoms with E-state index in [1.54, 1.807) is 16.8 Å². The Kier molecular flexibility index (Phi) is 4.99. The van der Waals surface area contributed by atoms with Gasteiger partial charge in [0.1, 0.15) is 0 Å². The second-order valence-electron chi connectivity index (χ2n) is 6.02. The molecule has 2 aromatic carbocycles. The summed E-state index contributed by atoms with van der Waals surface area (Å²) in [4.78, 5) is 11.2. The van der Waals surface area contributed by atoms with Crippen molar-refractivity contribution in [2.24, 2.45) is 12.8 Å². The number of nitriles is 1. The first-order valence-electron chi connectivity index (χ1n) is 8.20. The predicted octanol–water partition coefficient (Wildman–Crippen LogP) is 2.60. The van der Waals surface area contributed by atoms with Crippen molar-refractivity contribution < 1.29 is 4.79 Å². The lowest BCUT2D eigenvalue weighted by molar-refractivity contribution is -0.117. The number of anilines is 1. The van der Waals surface area contributed by atoms with Crippen LogP contribution in [0.2, 0.25) is 0 Å². The number of carbonyl (C=O) groups is 1. The maximum atomic E-state index is 11.2. The Morgan fingerprint density at radius 1 is 1.19 bits per heavy atom. The van der Waals surface area contributed by atoms with Gasteiger partial charge in [-0.1, -0.05) is 30.3 Å². The molecule has 6 nitrogen and oxygen atoms in total. The van der Waals surface area contributed by atoms with E-state index >= 15 is 0 Å². The topological polar surface area (TPSA) is 96.7 Å². The largest absolute Gasteiger partial charge is 0.381 e. The fraction of sp³-hybridized carbons (Fsp3) is 0.150. The third kappa shape index (κ3) is 3.90. The molecule has 0 bridgehead atoms. The standard InChI is InChI=1S/C20H19N5O/c1-25-13-17(20(24-25)15-8-6-14(11-21)7-9-15)12-23-18-5-3-2-4-16(18)10-19(22)26/h2-9,13,23H,10,12H2,1H3,(H2,22,26). The number of primary amides is 1. The van der Waals surface area contributed by atoms with Gasteiger partial charge in [-0.3, -0.25) is 9.48 Å². The average molecular weight is 345 g/mol. The van der Waals surface area contributed by atoms with Crippen LogP contribution in [0.25, 0.3) is 11.3 Å². The number of hydrogen-bond acceptors (Lipinski definition) is 4. The Balaban J connectivity index is 1.83. The van der Waals surface area contributed by atoms with Crippen molar-refractivity contribution in [3.63, 3.8) is 0 Å². The smallest absolute Gasteiger partial charge is 0.221 e. The minimum absolute atomic E-state index is 0.193. The van der Waals surface area contributed by atoms with Gasteiger partial charge in [0.15, 0.2) is 0 Å². The summed E-state index contributed by atoms with van der Waals surface area (Å²) in [5, 5.41) is 16.9. The van der Waals surface area contributed by atoms with Gasteiger partial charge in [-0.25, -0.2) is 0 Å². The van der Waals surface area contributed by atoms with Crippen molar-refractivity contribution in [3.05, 3.63) is 71.4 Å². The van der Waals surface area contributed by atoms with Crippen LogP contribution in [0, 0.1) is 11.3 Å². The highest BCUT2D eigenvalue weighted by Crippen LogP contribution is 2.24. The van der Waals surface area contributed by atoms with Gasteiger partial charge in [0.25, 0.3) is 0 Å². The summed E-state index contributed by atoms with van der Waals surface area (Å²) in [6.45, 7) is 0.555. The summed E-state index contributed by atoms with van der Waals surface area (Å²) in [6.07, 6.45) is 2.15. The van der Waals surface area contributed by atoms with Crippen LogP contribution in [0.3, 0.4) is 0 Å². The lowest BCUT2D eigenvalue weighted by Gasteiger charge is -2.11. The molecule has 0 aliphatic heterocycles. The molecular formula is C20H19N5O. The Morgan fingerprint density at radius 2 is 1.92 bits per heavy atom. The van der Waals surface area contributed by atoms with E-state index in [0.717, 1.165) is 28.1 Å². The van der Waals surface area contributed by atoms with Crippen molar-refractivity contribution in [3.8, 4) is 17.3 Å². The highest BCUT2D eigenvalue weighted by atomic mass is 16.1. The fourth-order valence-corrected chi connectivity index (χ4v) is 2.84. The van der Waals surface area contributed by atoms with Gasteiger partial charge in [0, 0.05) is 36.6 Å². The minimum atomic E-state index is -0.362. The van der Waals surface area contributed by atoms with Crippen LogP contribution in [0.15, 0.2) is 54.7 Å². The number of aromatic nitrogens is 2. The predicted molar refractivity (Wildman–Crippen MR) is 100 cm³/mol. The zero-order chi connectivity index (χ0) is 18.5. The van der Waals surface area contributed by atoms with Crippen LogP contribution in [0.5, 0.6) is 0 Å². The van der Waals surface area contributed by atoms with E-state index in [2.05, 4.69) is 16.5 Å². The van der Waals surface area contributed by atoms with Gasteiger partial charge in [-0.2, -0.15) is 10.4 Å². The van der Waals surface area contributed by atoms with E-state index in [4.69, 9.17) is 11.0 Å². The van der Waals surface area contributed by atoms with E-state index in [9.17, 15) is 4.79 Å². The lowest BCUT2D eigenvalue weighted by Crippen LogP contribution is -2.15. The minimum Gasteiger partial charge on any atom is -0.381 e. The van der Waals surface area contributed by atoms with Crippen molar-refractivity contribution in [1.29, 1.82) is 5.26 Å². The zero-order valence-corrected chi connectivity index (χ0v) is 14.4. The van der Waals surface area contributed by atoms with Crippen molar-refractivity contribution in [2.75, 3.05) is 5.32 Å². The number of aryl methyl sites for hydroxylation is 1. The normalized spacial score (nSPS) is 10.3. The first kappa shape index (κ1) is 17.2. The third-order valence-corrected chi connectivity index (χ3v) is 4.04. The second-order valence-corrected chi connectivity index (χ2v) is 6.02. The molecule has 0 aliphatic rings. The molecular weight excluding hydrogens is 326 g/mol. The van der Waals surface area contributed by atoms with Gasteiger partial charge in [0.05, 0.1) is 23.7 Å². The number of nitrogens with zero attached hydrogens (tertiary/aromatic N) is 3. The summed E-state index contributed by atoms with van der Waals surface area (Å²) in [7, 11) is 1.87. The van der Waals surface area contributed by atoms with Crippen LogP contribution in [0.1, 0.15) is 16.7 Å². The molecule has 3 aromatic rings. The quantitative estimate of drug-likeness (QED) is 0.717. The number of amides is 1. The molecule has 0 unspecified atom stereocenters. The Labute approximate surface area is 151 Å². The molecule has 0 radical (unpaired) electrons. The number of nitrogens with one attached hydrogen (secondary N) is 1. The zero-order valence-electron chi connectivity index (χ0n) is 14.4. The van der Waals surface area contributed by atoms with E-state index in [-0.39, 0.29) is 12.3 Å². The Hall–Kier alpha value is -3.59. The molecule has 0 aliphatic carbocycles. The summed E-state index contributed by atoms with van der Waals surface area (Å²) >= 11 is 0. The number of nitrogens with two attached hydrogens (primary N) is 1. The molecule has 0 saturated carbocycles. The first-order chi connectivity index (χ1) is 12.6. The van der Waals surface area contributed by atoms with E-state index < -0.39 is 0 Å². The number of benzene rings is 2. The van der Waals surface area contributed by atoms with Gasteiger partial charge in [-0.15, -0.1) is 0 Å². The second kappa shape index (κ2) is 7.53. The molecule has 1 heterocycles. The molecule has 0 atom stereocenters. The number of carbonyl (C=O) groups excluding carboxylic acids is 1. The van der Waals surface area contributed by atoms with Gasteiger partial charge < -0.3 is 11.1 Å². The number of rotatable bonds is 6. The summed E-state index contributed by atoms with van der Waals surface area (Å²) in [5.74, 6) is -0.362. The van der Waals surface area contributed by atoms with E-state index in [1.807, 2.05) is 49.6 Å². The molecule has 1 amide bonds. The van der Waals surface area contributed by atoms with Gasteiger partial charge in [-0.05, 0) is 23.8 Å². The molecule has 0 saturated heterocycles. The Bertz CT molecular complexity index is 967. The highest BCUT2D eigenvalue weighted by molar-refractivity contribution is 5.78. The fourth-order valence-electron chi connectivity index (χ4n) is 2.84. The molecule has 3 rings (SSSR count).